The van der Waals surface area contributed by atoms with E-state index in [1.807, 2.05) is 84.9 Å². The van der Waals surface area contributed by atoms with Gasteiger partial charge in [-0.05, 0) is 59.2 Å². The van der Waals surface area contributed by atoms with Gasteiger partial charge in [0.1, 0.15) is 11.5 Å². The lowest BCUT2D eigenvalue weighted by Gasteiger charge is -2.17. The third kappa shape index (κ3) is 3.62. The number of nitrogens with two attached hydrogens (primary N) is 3. The van der Waals surface area contributed by atoms with E-state index in [0.717, 1.165) is 33.7 Å². The fourth-order valence-electron chi connectivity index (χ4n) is 3.17. The molecule has 0 unspecified atom stereocenters. The highest BCUT2D eigenvalue weighted by Gasteiger charge is 2.14. The smallest absolute Gasteiger partial charge is 0.135 e. The van der Waals surface area contributed by atoms with Crippen LogP contribution in [-0.4, -0.2) is 0 Å². The molecule has 4 nitrogen and oxygen atoms in total. The van der Waals surface area contributed by atoms with E-state index in [2.05, 4.69) is 6.07 Å². The average molecular weight is 367 g/mol. The van der Waals surface area contributed by atoms with Crippen molar-refractivity contribution in [3.05, 3.63) is 91.0 Å². The molecule has 6 N–H and O–H groups in total. The maximum atomic E-state index is 6.22. The summed E-state index contributed by atoms with van der Waals surface area (Å²) in [6, 6.07) is 29.0. The molecule has 0 spiro atoms. The summed E-state index contributed by atoms with van der Waals surface area (Å²) in [5.74, 6) is 1.43. The Labute approximate surface area is 164 Å². The van der Waals surface area contributed by atoms with Crippen LogP contribution in [0.2, 0.25) is 0 Å². The van der Waals surface area contributed by atoms with Gasteiger partial charge in [-0.1, -0.05) is 42.5 Å². The molecule has 0 saturated carbocycles. The van der Waals surface area contributed by atoms with Crippen molar-refractivity contribution in [2.45, 2.75) is 0 Å². The van der Waals surface area contributed by atoms with Crippen LogP contribution in [0.5, 0.6) is 11.5 Å². The van der Waals surface area contributed by atoms with Gasteiger partial charge in [0.2, 0.25) is 0 Å². The number of hydrogen-bond donors (Lipinski definition) is 3. The first-order valence-corrected chi connectivity index (χ1v) is 8.98. The van der Waals surface area contributed by atoms with Gasteiger partial charge in [0.25, 0.3) is 0 Å². The van der Waals surface area contributed by atoms with Gasteiger partial charge in [-0.25, -0.2) is 0 Å². The molecule has 0 saturated heterocycles. The number of anilines is 3. The summed E-state index contributed by atoms with van der Waals surface area (Å²) in [4.78, 5) is 0. The largest absolute Gasteiger partial charge is 0.457 e. The van der Waals surface area contributed by atoms with Crippen molar-refractivity contribution in [3.8, 4) is 33.8 Å². The zero-order valence-electron chi connectivity index (χ0n) is 15.3. The van der Waals surface area contributed by atoms with Gasteiger partial charge in [0, 0.05) is 28.7 Å². The van der Waals surface area contributed by atoms with Crippen LogP contribution >= 0.6 is 0 Å². The Balaban J connectivity index is 1.89. The lowest BCUT2D eigenvalue weighted by Crippen LogP contribution is -1.94. The third-order valence-electron chi connectivity index (χ3n) is 4.53. The topological polar surface area (TPSA) is 87.3 Å². The highest BCUT2D eigenvalue weighted by molar-refractivity contribution is 5.88. The van der Waals surface area contributed by atoms with Crippen LogP contribution in [0.4, 0.5) is 17.1 Å². The normalized spacial score (nSPS) is 10.6. The first-order valence-electron chi connectivity index (χ1n) is 8.98. The molecule has 0 bridgehead atoms. The molecule has 4 aromatic rings. The summed E-state index contributed by atoms with van der Waals surface area (Å²) in [6.07, 6.45) is 0. The molecule has 0 amide bonds. The van der Waals surface area contributed by atoms with Crippen LogP contribution in [0.15, 0.2) is 91.0 Å². The average Bonchev–Trinajstić information content (AvgIpc) is 2.69. The Morgan fingerprint density at radius 1 is 0.536 bits per heavy atom. The SMILES string of the molecule is Nc1ccc(-c2cccc(Oc3cccc(N)c3)c2-c2ccc(N)cc2)cc1. The van der Waals surface area contributed by atoms with E-state index in [4.69, 9.17) is 21.9 Å². The van der Waals surface area contributed by atoms with E-state index in [9.17, 15) is 0 Å². The van der Waals surface area contributed by atoms with E-state index < -0.39 is 0 Å². The fourth-order valence-corrected chi connectivity index (χ4v) is 3.17. The molecule has 0 fully saturated rings. The van der Waals surface area contributed by atoms with Gasteiger partial charge in [-0.15, -0.1) is 0 Å². The molecule has 28 heavy (non-hydrogen) atoms. The van der Waals surface area contributed by atoms with Crippen LogP contribution in [0, 0.1) is 0 Å². The number of benzene rings is 4. The second kappa shape index (κ2) is 7.37. The quantitative estimate of drug-likeness (QED) is 0.412. The third-order valence-corrected chi connectivity index (χ3v) is 4.53. The van der Waals surface area contributed by atoms with Gasteiger partial charge in [-0.3, -0.25) is 0 Å². The second-order valence-electron chi connectivity index (χ2n) is 6.60. The molecule has 4 rings (SSSR count). The Kier molecular flexibility index (Phi) is 4.60. The lowest BCUT2D eigenvalue weighted by molar-refractivity contribution is 0.485. The lowest BCUT2D eigenvalue weighted by atomic mass is 9.93. The summed E-state index contributed by atoms with van der Waals surface area (Å²) >= 11 is 0. The minimum Gasteiger partial charge on any atom is -0.457 e. The summed E-state index contributed by atoms with van der Waals surface area (Å²) in [5, 5.41) is 0. The van der Waals surface area contributed by atoms with Crippen molar-refractivity contribution in [1.82, 2.24) is 0 Å². The Morgan fingerprint density at radius 2 is 1.14 bits per heavy atom. The standard InChI is InChI=1S/C24H21N3O/c25-18-11-7-16(8-12-18)22-5-2-6-23(28-21-4-1-3-20(27)15-21)24(22)17-9-13-19(26)14-10-17/h1-15H,25-27H2. The molecular formula is C24H21N3O. The molecule has 0 radical (unpaired) electrons. The molecule has 0 aliphatic carbocycles. The van der Waals surface area contributed by atoms with Crippen LogP contribution in [-0.2, 0) is 0 Å². The second-order valence-corrected chi connectivity index (χ2v) is 6.60. The summed E-state index contributed by atoms with van der Waals surface area (Å²) in [7, 11) is 0. The Bertz CT molecular complexity index is 1100. The highest BCUT2D eigenvalue weighted by atomic mass is 16.5. The number of rotatable bonds is 4. The molecule has 4 heteroatoms. The molecule has 0 heterocycles. The van der Waals surface area contributed by atoms with Crippen LogP contribution in [0.1, 0.15) is 0 Å². The molecule has 0 aliphatic rings. The first-order chi connectivity index (χ1) is 13.6. The van der Waals surface area contributed by atoms with Gasteiger partial charge < -0.3 is 21.9 Å². The fraction of sp³-hybridized carbons (Fsp3) is 0. The molecular weight excluding hydrogens is 346 g/mol. The molecule has 0 aromatic heterocycles. The molecule has 0 atom stereocenters. The maximum Gasteiger partial charge on any atom is 0.135 e. The van der Waals surface area contributed by atoms with E-state index in [0.29, 0.717) is 17.1 Å². The van der Waals surface area contributed by atoms with Crippen molar-refractivity contribution in [2.75, 3.05) is 17.2 Å². The monoisotopic (exact) mass is 367 g/mol. The summed E-state index contributed by atoms with van der Waals surface area (Å²) in [5.41, 5.74) is 23.9. The van der Waals surface area contributed by atoms with Crippen molar-refractivity contribution >= 4 is 17.1 Å². The Hall–Kier alpha value is -3.92. The minimum atomic E-state index is 0.654. The van der Waals surface area contributed by atoms with E-state index in [1.54, 1.807) is 0 Å². The number of nitrogen functional groups attached to an aromatic ring is 3. The van der Waals surface area contributed by atoms with E-state index in [1.165, 1.54) is 0 Å². The summed E-state index contributed by atoms with van der Waals surface area (Å²) < 4.78 is 6.22. The van der Waals surface area contributed by atoms with Crippen LogP contribution < -0.4 is 21.9 Å². The minimum absolute atomic E-state index is 0.654. The van der Waals surface area contributed by atoms with Crippen molar-refractivity contribution in [1.29, 1.82) is 0 Å². The predicted molar refractivity (Wildman–Crippen MR) is 117 cm³/mol. The maximum absolute atomic E-state index is 6.22. The van der Waals surface area contributed by atoms with Gasteiger partial charge >= 0.3 is 0 Å². The Morgan fingerprint density at radius 3 is 1.79 bits per heavy atom. The number of hydrogen-bond acceptors (Lipinski definition) is 4. The molecule has 0 aliphatic heterocycles. The highest BCUT2D eigenvalue weighted by Crippen LogP contribution is 2.41. The van der Waals surface area contributed by atoms with Gasteiger partial charge in [0.15, 0.2) is 0 Å². The van der Waals surface area contributed by atoms with Crippen molar-refractivity contribution < 1.29 is 4.74 Å². The van der Waals surface area contributed by atoms with Crippen LogP contribution in [0.25, 0.3) is 22.3 Å². The zero-order chi connectivity index (χ0) is 19.5. The first kappa shape index (κ1) is 17.5. The van der Waals surface area contributed by atoms with Gasteiger partial charge in [0.05, 0.1) is 0 Å². The summed E-state index contributed by atoms with van der Waals surface area (Å²) in [6.45, 7) is 0. The van der Waals surface area contributed by atoms with E-state index >= 15 is 0 Å². The zero-order valence-corrected chi connectivity index (χ0v) is 15.3. The predicted octanol–water partition coefficient (Wildman–Crippen LogP) is 5.56. The van der Waals surface area contributed by atoms with Crippen LogP contribution in [0.3, 0.4) is 0 Å². The molecule has 4 aromatic carbocycles. The van der Waals surface area contributed by atoms with E-state index in [-0.39, 0.29) is 0 Å². The van der Waals surface area contributed by atoms with Crippen molar-refractivity contribution in [3.63, 3.8) is 0 Å². The van der Waals surface area contributed by atoms with Gasteiger partial charge in [-0.2, -0.15) is 0 Å². The molecule has 138 valence electrons. The van der Waals surface area contributed by atoms with Crippen molar-refractivity contribution in [2.24, 2.45) is 0 Å². The number of ether oxygens (including phenoxy) is 1.